The smallest absolute Gasteiger partial charge is 0.243 e. The highest BCUT2D eigenvalue weighted by atomic mass is 16.5. The van der Waals surface area contributed by atoms with Crippen molar-refractivity contribution in [1.82, 2.24) is 9.97 Å². The van der Waals surface area contributed by atoms with Gasteiger partial charge in [-0.25, -0.2) is 9.97 Å². The third-order valence-corrected chi connectivity index (χ3v) is 2.72. The van der Waals surface area contributed by atoms with Crippen molar-refractivity contribution in [2.75, 3.05) is 21.3 Å². The van der Waals surface area contributed by atoms with Crippen molar-refractivity contribution in [2.24, 2.45) is 0 Å². The normalized spacial score (nSPS) is 9.95. The second kappa shape index (κ2) is 6.01. The van der Waals surface area contributed by atoms with Gasteiger partial charge in [0.25, 0.3) is 0 Å². The lowest BCUT2D eigenvalue weighted by Crippen LogP contribution is -2.08. The van der Waals surface area contributed by atoms with Gasteiger partial charge in [0, 0.05) is 18.0 Å². The SMILES string of the molecule is COc1ccc(C(=O)c2nccnc2OC)cc1OC. The largest absolute Gasteiger partial charge is 0.493 e. The minimum Gasteiger partial charge on any atom is -0.493 e. The molecule has 6 heteroatoms. The third kappa shape index (κ3) is 2.54. The maximum Gasteiger partial charge on any atom is 0.243 e. The quantitative estimate of drug-likeness (QED) is 0.773. The topological polar surface area (TPSA) is 70.5 Å². The summed E-state index contributed by atoms with van der Waals surface area (Å²) in [4.78, 5) is 20.4. The lowest BCUT2D eigenvalue weighted by Gasteiger charge is -2.09. The summed E-state index contributed by atoms with van der Waals surface area (Å²) in [5.41, 5.74) is 0.573. The van der Waals surface area contributed by atoms with Gasteiger partial charge in [0.1, 0.15) is 0 Å². The van der Waals surface area contributed by atoms with Gasteiger partial charge in [-0.1, -0.05) is 0 Å². The summed E-state index contributed by atoms with van der Waals surface area (Å²) in [7, 11) is 4.48. The van der Waals surface area contributed by atoms with Gasteiger partial charge >= 0.3 is 0 Å². The van der Waals surface area contributed by atoms with E-state index in [1.807, 2.05) is 0 Å². The van der Waals surface area contributed by atoms with E-state index in [4.69, 9.17) is 14.2 Å². The molecule has 0 aliphatic heterocycles. The summed E-state index contributed by atoms with van der Waals surface area (Å²) in [5.74, 6) is 0.916. The summed E-state index contributed by atoms with van der Waals surface area (Å²) in [6, 6.07) is 4.89. The number of hydrogen-bond donors (Lipinski definition) is 0. The summed E-state index contributed by atoms with van der Waals surface area (Å²) in [6.45, 7) is 0. The molecule has 1 aromatic heterocycles. The number of hydrogen-bond acceptors (Lipinski definition) is 6. The molecule has 0 amide bonds. The van der Waals surface area contributed by atoms with Crippen LogP contribution in [0.1, 0.15) is 16.1 Å². The van der Waals surface area contributed by atoms with E-state index >= 15 is 0 Å². The van der Waals surface area contributed by atoms with Crippen LogP contribution in [0.15, 0.2) is 30.6 Å². The second-order valence-electron chi connectivity index (χ2n) is 3.81. The molecule has 0 aliphatic carbocycles. The average Bonchev–Trinajstić information content (AvgIpc) is 2.53. The maximum absolute atomic E-state index is 12.4. The van der Waals surface area contributed by atoms with Crippen LogP contribution in [-0.4, -0.2) is 37.1 Å². The van der Waals surface area contributed by atoms with E-state index in [1.165, 1.54) is 33.7 Å². The van der Waals surface area contributed by atoms with Crippen LogP contribution in [0.3, 0.4) is 0 Å². The lowest BCUT2D eigenvalue weighted by atomic mass is 10.1. The molecule has 0 fully saturated rings. The minimum atomic E-state index is -0.295. The van der Waals surface area contributed by atoms with Crippen molar-refractivity contribution >= 4 is 5.78 Å². The Bertz CT molecular complexity index is 628. The van der Waals surface area contributed by atoms with E-state index in [0.29, 0.717) is 17.1 Å². The van der Waals surface area contributed by atoms with Crippen molar-refractivity contribution < 1.29 is 19.0 Å². The zero-order valence-corrected chi connectivity index (χ0v) is 11.4. The molecule has 1 aromatic carbocycles. The van der Waals surface area contributed by atoms with E-state index < -0.39 is 0 Å². The molecule has 2 aromatic rings. The Kier molecular flexibility index (Phi) is 4.14. The van der Waals surface area contributed by atoms with Crippen LogP contribution in [0, 0.1) is 0 Å². The summed E-state index contributed by atoms with van der Waals surface area (Å²) >= 11 is 0. The number of nitrogens with zero attached hydrogens (tertiary/aromatic N) is 2. The summed E-state index contributed by atoms with van der Waals surface area (Å²) in [6.07, 6.45) is 2.90. The molecule has 2 rings (SSSR count). The molecule has 0 saturated heterocycles. The molecular weight excluding hydrogens is 260 g/mol. The average molecular weight is 274 g/mol. The van der Waals surface area contributed by atoms with Crippen LogP contribution >= 0.6 is 0 Å². The van der Waals surface area contributed by atoms with Crippen molar-refractivity contribution in [3.63, 3.8) is 0 Å². The highest BCUT2D eigenvalue weighted by Gasteiger charge is 2.18. The predicted octanol–water partition coefficient (Wildman–Crippen LogP) is 1.73. The Morgan fingerprint density at radius 2 is 1.65 bits per heavy atom. The van der Waals surface area contributed by atoms with Crippen molar-refractivity contribution in [3.8, 4) is 17.4 Å². The lowest BCUT2D eigenvalue weighted by molar-refractivity contribution is 0.103. The van der Waals surface area contributed by atoms with E-state index in [1.54, 1.807) is 18.2 Å². The fraction of sp³-hybridized carbons (Fsp3) is 0.214. The number of methoxy groups -OCH3 is 3. The van der Waals surface area contributed by atoms with Gasteiger partial charge in [0.05, 0.1) is 21.3 Å². The molecular formula is C14H14N2O4. The van der Waals surface area contributed by atoms with E-state index in [2.05, 4.69) is 9.97 Å². The molecule has 6 nitrogen and oxygen atoms in total. The van der Waals surface area contributed by atoms with Crippen LogP contribution in [0.2, 0.25) is 0 Å². The molecule has 0 saturated carbocycles. The van der Waals surface area contributed by atoms with Gasteiger partial charge in [-0.15, -0.1) is 0 Å². The Hall–Kier alpha value is -2.63. The van der Waals surface area contributed by atoms with E-state index in [-0.39, 0.29) is 17.4 Å². The molecule has 20 heavy (non-hydrogen) atoms. The van der Waals surface area contributed by atoms with Gasteiger partial charge in [-0.05, 0) is 18.2 Å². The molecule has 0 bridgehead atoms. The first kappa shape index (κ1) is 13.8. The number of rotatable bonds is 5. The van der Waals surface area contributed by atoms with Crippen molar-refractivity contribution in [1.29, 1.82) is 0 Å². The number of carbonyl (C=O) groups is 1. The van der Waals surface area contributed by atoms with Crippen LogP contribution in [0.25, 0.3) is 0 Å². The van der Waals surface area contributed by atoms with E-state index in [0.717, 1.165) is 0 Å². The predicted molar refractivity (Wildman–Crippen MR) is 71.6 cm³/mol. The zero-order valence-electron chi connectivity index (χ0n) is 11.4. The van der Waals surface area contributed by atoms with Gasteiger partial charge in [-0.2, -0.15) is 0 Å². The molecule has 0 spiro atoms. The Labute approximate surface area is 116 Å². The van der Waals surface area contributed by atoms with Crippen molar-refractivity contribution in [3.05, 3.63) is 41.9 Å². The molecule has 104 valence electrons. The first-order chi connectivity index (χ1) is 9.71. The standard InChI is InChI=1S/C14H14N2O4/c1-18-10-5-4-9(8-11(10)19-2)13(17)12-14(20-3)16-7-6-15-12/h4-8H,1-3H3. The van der Waals surface area contributed by atoms with Crippen LogP contribution in [-0.2, 0) is 0 Å². The number of benzene rings is 1. The highest BCUT2D eigenvalue weighted by Crippen LogP contribution is 2.29. The third-order valence-electron chi connectivity index (χ3n) is 2.72. The molecule has 0 atom stereocenters. The van der Waals surface area contributed by atoms with Crippen molar-refractivity contribution in [2.45, 2.75) is 0 Å². The molecule has 1 heterocycles. The molecule has 0 unspecified atom stereocenters. The van der Waals surface area contributed by atoms with Crippen LogP contribution < -0.4 is 14.2 Å². The fourth-order valence-electron chi connectivity index (χ4n) is 1.74. The van der Waals surface area contributed by atoms with Gasteiger partial charge < -0.3 is 14.2 Å². The monoisotopic (exact) mass is 274 g/mol. The molecule has 0 N–H and O–H groups in total. The number of ketones is 1. The first-order valence-corrected chi connectivity index (χ1v) is 5.83. The summed E-state index contributed by atoms with van der Waals surface area (Å²) < 4.78 is 15.3. The number of carbonyl (C=O) groups excluding carboxylic acids is 1. The Balaban J connectivity index is 2.43. The van der Waals surface area contributed by atoms with Gasteiger partial charge in [0.2, 0.25) is 11.7 Å². The molecule has 0 aliphatic rings. The summed E-state index contributed by atoms with van der Waals surface area (Å²) in [5, 5.41) is 0. The first-order valence-electron chi connectivity index (χ1n) is 5.83. The van der Waals surface area contributed by atoms with Crippen LogP contribution in [0.5, 0.6) is 17.4 Å². The van der Waals surface area contributed by atoms with Gasteiger partial charge in [0.15, 0.2) is 17.2 Å². The van der Waals surface area contributed by atoms with Crippen LogP contribution in [0.4, 0.5) is 0 Å². The Morgan fingerprint density at radius 3 is 2.30 bits per heavy atom. The maximum atomic E-state index is 12.4. The highest BCUT2D eigenvalue weighted by molar-refractivity contribution is 6.09. The minimum absolute atomic E-state index is 0.155. The fourth-order valence-corrected chi connectivity index (χ4v) is 1.74. The van der Waals surface area contributed by atoms with E-state index in [9.17, 15) is 4.79 Å². The molecule has 0 radical (unpaired) electrons. The second-order valence-corrected chi connectivity index (χ2v) is 3.81. The number of aromatic nitrogens is 2. The Morgan fingerprint density at radius 1 is 0.950 bits per heavy atom. The number of ether oxygens (including phenoxy) is 3. The zero-order chi connectivity index (χ0) is 14.5. The van der Waals surface area contributed by atoms with Gasteiger partial charge in [-0.3, -0.25) is 4.79 Å².